The summed E-state index contributed by atoms with van der Waals surface area (Å²) in [6.07, 6.45) is 3.19. The predicted molar refractivity (Wildman–Crippen MR) is 96.3 cm³/mol. The summed E-state index contributed by atoms with van der Waals surface area (Å²) in [6.45, 7) is 0.764. The van der Waals surface area contributed by atoms with Gasteiger partial charge in [-0.25, -0.2) is 14.8 Å². The van der Waals surface area contributed by atoms with Crippen molar-refractivity contribution >= 4 is 17.8 Å². The van der Waals surface area contributed by atoms with Gasteiger partial charge in [-0.1, -0.05) is 0 Å². The third-order valence-electron chi connectivity index (χ3n) is 4.36. The minimum atomic E-state index is -1.08. The van der Waals surface area contributed by atoms with Crippen LogP contribution in [0, 0.1) is 0 Å². The van der Waals surface area contributed by atoms with Crippen molar-refractivity contribution in [2.45, 2.75) is 6.04 Å². The van der Waals surface area contributed by atoms with Crippen molar-refractivity contribution in [2.24, 2.45) is 0 Å². The number of carboxylic acid groups (broad SMARTS) is 1. The van der Waals surface area contributed by atoms with Crippen molar-refractivity contribution in [1.82, 2.24) is 14.9 Å². The van der Waals surface area contributed by atoms with E-state index in [2.05, 4.69) is 9.97 Å². The SMILES string of the molecule is COc1cc(OC)cc(C(=O)N2CCN(c3ncccn3)C[C@@H]2C(=O)O)c1. The van der Waals surface area contributed by atoms with Crippen LogP contribution in [0.25, 0.3) is 0 Å². The lowest BCUT2D eigenvalue weighted by atomic mass is 10.1. The van der Waals surface area contributed by atoms with Gasteiger partial charge in [-0.3, -0.25) is 4.79 Å². The van der Waals surface area contributed by atoms with Gasteiger partial charge in [-0.05, 0) is 18.2 Å². The van der Waals surface area contributed by atoms with E-state index in [1.165, 1.54) is 19.1 Å². The van der Waals surface area contributed by atoms with E-state index in [0.717, 1.165) is 0 Å². The van der Waals surface area contributed by atoms with Gasteiger partial charge < -0.3 is 24.4 Å². The highest BCUT2D eigenvalue weighted by Gasteiger charge is 2.36. The molecule has 1 aromatic heterocycles. The van der Waals surface area contributed by atoms with Crippen LogP contribution in [0.15, 0.2) is 36.7 Å². The van der Waals surface area contributed by atoms with Crippen LogP contribution in [-0.4, -0.2) is 71.7 Å². The zero-order valence-corrected chi connectivity index (χ0v) is 15.0. The standard InChI is InChI=1S/C18H20N4O5/c1-26-13-8-12(9-14(10-13)27-2)16(23)22-7-6-21(11-15(22)17(24)25)18-19-4-3-5-20-18/h3-5,8-10,15H,6-7,11H2,1-2H3,(H,24,25)/t15-/m1/s1. The number of carboxylic acids is 1. The second-order valence-electron chi connectivity index (χ2n) is 5.95. The Morgan fingerprint density at radius 1 is 1.07 bits per heavy atom. The van der Waals surface area contributed by atoms with Gasteiger partial charge in [0, 0.05) is 37.1 Å². The molecule has 1 aromatic carbocycles. The lowest BCUT2D eigenvalue weighted by molar-refractivity contribution is -0.142. The fourth-order valence-corrected chi connectivity index (χ4v) is 2.97. The molecule has 1 amide bonds. The van der Waals surface area contributed by atoms with E-state index in [1.54, 1.807) is 41.6 Å². The number of nitrogens with zero attached hydrogens (tertiary/aromatic N) is 4. The van der Waals surface area contributed by atoms with Crippen LogP contribution >= 0.6 is 0 Å². The number of methoxy groups -OCH3 is 2. The number of aliphatic carboxylic acids is 1. The first-order valence-corrected chi connectivity index (χ1v) is 8.32. The molecule has 0 aliphatic carbocycles. The molecule has 0 bridgehead atoms. The van der Waals surface area contributed by atoms with Crippen molar-refractivity contribution in [3.8, 4) is 11.5 Å². The van der Waals surface area contributed by atoms with Crippen LogP contribution in [0.5, 0.6) is 11.5 Å². The molecule has 0 unspecified atom stereocenters. The maximum Gasteiger partial charge on any atom is 0.328 e. The summed E-state index contributed by atoms with van der Waals surface area (Å²) in [6, 6.07) is 5.45. The topological polar surface area (TPSA) is 105 Å². The zero-order chi connectivity index (χ0) is 19.4. The van der Waals surface area contributed by atoms with Gasteiger partial charge in [0.15, 0.2) is 0 Å². The smallest absolute Gasteiger partial charge is 0.328 e. The second-order valence-corrected chi connectivity index (χ2v) is 5.95. The molecule has 27 heavy (non-hydrogen) atoms. The molecule has 2 aromatic rings. The van der Waals surface area contributed by atoms with Gasteiger partial charge in [0.2, 0.25) is 5.95 Å². The van der Waals surface area contributed by atoms with E-state index in [0.29, 0.717) is 29.6 Å². The number of anilines is 1. The van der Waals surface area contributed by atoms with Gasteiger partial charge in [0.05, 0.1) is 20.8 Å². The van der Waals surface area contributed by atoms with Gasteiger partial charge in [-0.15, -0.1) is 0 Å². The number of rotatable bonds is 5. The number of hydrogen-bond acceptors (Lipinski definition) is 7. The Bertz CT molecular complexity index is 808. The van der Waals surface area contributed by atoms with E-state index in [1.807, 2.05) is 0 Å². The molecule has 1 aliphatic rings. The van der Waals surface area contributed by atoms with Crippen molar-refractivity contribution in [2.75, 3.05) is 38.8 Å². The highest BCUT2D eigenvalue weighted by Crippen LogP contribution is 2.25. The molecule has 1 atom stereocenters. The van der Waals surface area contributed by atoms with Gasteiger partial charge in [0.25, 0.3) is 5.91 Å². The molecular formula is C18H20N4O5. The van der Waals surface area contributed by atoms with Crippen LogP contribution < -0.4 is 14.4 Å². The summed E-state index contributed by atoms with van der Waals surface area (Å²) >= 11 is 0. The minimum absolute atomic E-state index is 0.103. The summed E-state index contributed by atoms with van der Waals surface area (Å²) in [7, 11) is 2.98. The average molecular weight is 372 g/mol. The number of hydrogen-bond donors (Lipinski definition) is 1. The van der Waals surface area contributed by atoms with Crippen LogP contribution in [-0.2, 0) is 4.79 Å². The molecule has 9 heteroatoms. The number of piperazine rings is 1. The van der Waals surface area contributed by atoms with E-state index in [9.17, 15) is 14.7 Å². The Morgan fingerprint density at radius 2 is 1.70 bits per heavy atom. The molecule has 1 aliphatic heterocycles. The molecular weight excluding hydrogens is 352 g/mol. The first-order valence-electron chi connectivity index (χ1n) is 8.32. The summed E-state index contributed by atoms with van der Waals surface area (Å²) in [5, 5.41) is 9.66. The van der Waals surface area contributed by atoms with Crippen LogP contribution in [0.2, 0.25) is 0 Å². The maximum absolute atomic E-state index is 13.0. The monoisotopic (exact) mass is 372 g/mol. The van der Waals surface area contributed by atoms with E-state index in [-0.39, 0.29) is 13.1 Å². The Kier molecular flexibility index (Phi) is 5.39. The fraction of sp³-hybridized carbons (Fsp3) is 0.333. The quantitative estimate of drug-likeness (QED) is 0.826. The summed E-state index contributed by atoms with van der Waals surface area (Å²) in [4.78, 5) is 36.2. The molecule has 1 fully saturated rings. The second kappa shape index (κ2) is 7.90. The molecule has 0 radical (unpaired) electrons. The normalized spacial score (nSPS) is 16.7. The van der Waals surface area contributed by atoms with E-state index >= 15 is 0 Å². The molecule has 142 valence electrons. The van der Waals surface area contributed by atoms with Gasteiger partial charge in [-0.2, -0.15) is 0 Å². The van der Waals surface area contributed by atoms with Crippen LogP contribution in [0.1, 0.15) is 10.4 Å². The van der Waals surface area contributed by atoms with Crippen LogP contribution in [0.4, 0.5) is 5.95 Å². The molecule has 3 rings (SSSR count). The van der Waals surface area contributed by atoms with Gasteiger partial charge >= 0.3 is 5.97 Å². The van der Waals surface area contributed by atoms with Crippen molar-refractivity contribution in [1.29, 1.82) is 0 Å². The van der Waals surface area contributed by atoms with Gasteiger partial charge in [0.1, 0.15) is 17.5 Å². The maximum atomic E-state index is 13.0. The predicted octanol–water partition coefficient (Wildman–Crippen LogP) is 0.909. The third-order valence-corrected chi connectivity index (χ3v) is 4.36. The first-order chi connectivity index (χ1) is 13.0. The Labute approximate surface area is 156 Å². The lowest BCUT2D eigenvalue weighted by Gasteiger charge is -2.39. The van der Waals surface area contributed by atoms with Crippen molar-refractivity contribution in [3.63, 3.8) is 0 Å². The summed E-state index contributed by atoms with van der Waals surface area (Å²) in [5.74, 6) is -0.118. The Balaban J connectivity index is 1.85. The fourth-order valence-electron chi connectivity index (χ4n) is 2.97. The van der Waals surface area contributed by atoms with E-state index in [4.69, 9.17) is 9.47 Å². The molecule has 1 saturated heterocycles. The Hall–Kier alpha value is -3.36. The Morgan fingerprint density at radius 3 is 2.26 bits per heavy atom. The number of amides is 1. The molecule has 0 saturated carbocycles. The molecule has 0 spiro atoms. The molecule has 2 heterocycles. The summed E-state index contributed by atoms with van der Waals surface area (Å²) < 4.78 is 10.4. The molecule has 9 nitrogen and oxygen atoms in total. The summed E-state index contributed by atoms with van der Waals surface area (Å²) in [5.41, 5.74) is 0.307. The van der Waals surface area contributed by atoms with Crippen LogP contribution in [0.3, 0.4) is 0 Å². The van der Waals surface area contributed by atoms with E-state index < -0.39 is 17.9 Å². The third kappa shape index (κ3) is 3.91. The zero-order valence-electron chi connectivity index (χ0n) is 15.0. The number of aromatic nitrogens is 2. The average Bonchev–Trinajstić information content (AvgIpc) is 2.72. The largest absolute Gasteiger partial charge is 0.497 e. The molecule has 1 N–H and O–H groups in total. The number of carbonyl (C=O) groups excluding carboxylic acids is 1. The number of carbonyl (C=O) groups is 2. The first kappa shape index (κ1) is 18.4. The number of benzene rings is 1. The van der Waals surface area contributed by atoms with Crippen molar-refractivity contribution in [3.05, 3.63) is 42.2 Å². The lowest BCUT2D eigenvalue weighted by Crippen LogP contribution is -2.58. The highest BCUT2D eigenvalue weighted by molar-refractivity contribution is 5.97. The minimum Gasteiger partial charge on any atom is -0.497 e. The highest BCUT2D eigenvalue weighted by atomic mass is 16.5. The number of ether oxygens (including phenoxy) is 2. The van der Waals surface area contributed by atoms with Crippen molar-refractivity contribution < 1.29 is 24.2 Å².